The minimum absolute atomic E-state index is 0.0135. The molecule has 2 aliphatic rings. The summed E-state index contributed by atoms with van der Waals surface area (Å²) in [5.74, 6) is 0.0755. The van der Waals surface area contributed by atoms with E-state index in [1.165, 1.54) is 16.8 Å². The number of nitrogens with one attached hydrogen (secondary N) is 1. The van der Waals surface area contributed by atoms with Crippen LogP contribution >= 0.6 is 0 Å². The SMILES string of the molecule is CCN1CCNC(=O)[C@@H]1CC(=O)N1CCN(c2cc(C)ccc2C)CC1. The molecule has 3 rings (SSSR count). The lowest BCUT2D eigenvalue weighted by Gasteiger charge is -2.39. The number of amides is 2. The molecule has 26 heavy (non-hydrogen) atoms. The van der Waals surface area contributed by atoms with Gasteiger partial charge in [0.15, 0.2) is 0 Å². The van der Waals surface area contributed by atoms with E-state index >= 15 is 0 Å². The highest BCUT2D eigenvalue weighted by Gasteiger charge is 2.32. The van der Waals surface area contributed by atoms with E-state index in [0.29, 0.717) is 19.6 Å². The third-order valence-corrected chi connectivity index (χ3v) is 5.55. The van der Waals surface area contributed by atoms with Gasteiger partial charge in [0.1, 0.15) is 0 Å². The van der Waals surface area contributed by atoms with Crippen molar-refractivity contribution in [2.45, 2.75) is 33.2 Å². The molecule has 0 aromatic heterocycles. The fraction of sp³-hybridized carbons (Fsp3) is 0.600. The van der Waals surface area contributed by atoms with Crippen LogP contribution in [0, 0.1) is 13.8 Å². The monoisotopic (exact) mass is 358 g/mol. The Kier molecular flexibility index (Phi) is 5.81. The Labute approximate surface area is 156 Å². The van der Waals surface area contributed by atoms with Crippen LogP contribution in [-0.2, 0) is 9.59 Å². The Hall–Kier alpha value is -2.08. The number of nitrogens with zero attached hydrogens (tertiary/aromatic N) is 3. The van der Waals surface area contributed by atoms with E-state index in [2.05, 4.69) is 47.2 Å². The number of hydrogen-bond donors (Lipinski definition) is 1. The van der Waals surface area contributed by atoms with E-state index in [4.69, 9.17) is 0 Å². The van der Waals surface area contributed by atoms with Gasteiger partial charge in [-0.15, -0.1) is 0 Å². The number of carbonyl (C=O) groups excluding carboxylic acids is 2. The highest BCUT2D eigenvalue weighted by molar-refractivity contribution is 5.89. The largest absolute Gasteiger partial charge is 0.368 e. The van der Waals surface area contributed by atoms with Gasteiger partial charge in [0, 0.05) is 45.0 Å². The molecular formula is C20H30N4O2. The zero-order chi connectivity index (χ0) is 18.7. The van der Waals surface area contributed by atoms with Crippen LogP contribution in [0.15, 0.2) is 18.2 Å². The van der Waals surface area contributed by atoms with Gasteiger partial charge in [-0.25, -0.2) is 0 Å². The maximum absolute atomic E-state index is 12.7. The number of anilines is 1. The van der Waals surface area contributed by atoms with Crippen LogP contribution < -0.4 is 10.2 Å². The number of rotatable bonds is 4. The van der Waals surface area contributed by atoms with E-state index in [-0.39, 0.29) is 24.3 Å². The van der Waals surface area contributed by atoms with E-state index in [0.717, 1.165) is 26.2 Å². The first-order valence-electron chi connectivity index (χ1n) is 9.61. The predicted octanol–water partition coefficient (Wildman–Crippen LogP) is 1.16. The van der Waals surface area contributed by atoms with Crippen molar-refractivity contribution < 1.29 is 9.59 Å². The Balaban J connectivity index is 1.58. The summed E-state index contributed by atoms with van der Waals surface area (Å²) in [4.78, 5) is 31.3. The number of benzene rings is 1. The Morgan fingerprint density at radius 2 is 1.88 bits per heavy atom. The van der Waals surface area contributed by atoms with Crippen molar-refractivity contribution in [1.29, 1.82) is 0 Å². The van der Waals surface area contributed by atoms with Crippen LogP contribution in [0.25, 0.3) is 0 Å². The highest BCUT2D eigenvalue weighted by atomic mass is 16.2. The Bertz CT molecular complexity index is 668. The maximum atomic E-state index is 12.7. The molecule has 6 heteroatoms. The Morgan fingerprint density at radius 3 is 2.58 bits per heavy atom. The number of carbonyl (C=O) groups is 2. The number of hydrogen-bond acceptors (Lipinski definition) is 4. The third-order valence-electron chi connectivity index (χ3n) is 5.55. The summed E-state index contributed by atoms with van der Waals surface area (Å²) in [6.45, 7) is 11.7. The molecule has 1 aromatic rings. The first-order chi connectivity index (χ1) is 12.5. The number of aryl methyl sites for hydroxylation is 2. The summed E-state index contributed by atoms with van der Waals surface area (Å²) >= 11 is 0. The van der Waals surface area contributed by atoms with Gasteiger partial charge in [0.25, 0.3) is 0 Å². The van der Waals surface area contributed by atoms with Crippen LogP contribution in [0.1, 0.15) is 24.5 Å². The summed E-state index contributed by atoms with van der Waals surface area (Å²) in [5, 5.41) is 2.89. The van der Waals surface area contributed by atoms with E-state index in [1.54, 1.807) is 0 Å². The van der Waals surface area contributed by atoms with Gasteiger partial charge >= 0.3 is 0 Å². The second-order valence-electron chi connectivity index (χ2n) is 7.30. The van der Waals surface area contributed by atoms with Crippen molar-refractivity contribution in [2.24, 2.45) is 0 Å². The zero-order valence-corrected chi connectivity index (χ0v) is 16.1. The molecule has 1 N–H and O–H groups in total. The van der Waals surface area contributed by atoms with Crippen LogP contribution in [-0.4, -0.2) is 73.5 Å². The molecule has 1 atom stereocenters. The molecule has 6 nitrogen and oxygen atoms in total. The quantitative estimate of drug-likeness (QED) is 0.878. The highest BCUT2D eigenvalue weighted by Crippen LogP contribution is 2.23. The van der Waals surface area contributed by atoms with Crippen LogP contribution in [0.3, 0.4) is 0 Å². The lowest BCUT2D eigenvalue weighted by Crippen LogP contribution is -2.57. The molecule has 2 aliphatic heterocycles. The van der Waals surface area contributed by atoms with Gasteiger partial charge in [-0.1, -0.05) is 19.1 Å². The van der Waals surface area contributed by atoms with Gasteiger partial charge in [0.05, 0.1) is 12.5 Å². The smallest absolute Gasteiger partial charge is 0.237 e. The average Bonchev–Trinajstić information content (AvgIpc) is 2.65. The molecule has 0 bridgehead atoms. The van der Waals surface area contributed by atoms with Crippen LogP contribution in [0.2, 0.25) is 0 Å². The molecule has 0 saturated carbocycles. The number of piperazine rings is 2. The van der Waals surface area contributed by atoms with Crippen molar-refractivity contribution in [2.75, 3.05) is 50.7 Å². The van der Waals surface area contributed by atoms with Crippen LogP contribution in [0.4, 0.5) is 5.69 Å². The topological polar surface area (TPSA) is 55.9 Å². The van der Waals surface area contributed by atoms with E-state index in [9.17, 15) is 9.59 Å². The zero-order valence-electron chi connectivity index (χ0n) is 16.1. The standard InChI is InChI=1S/C20H30N4O2/c1-4-22-8-7-21-20(26)18(22)14-19(25)24-11-9-23(10-12-24)17-13-15(2)5-6-16(17)3/h5-6,13,18H,4,7-12,14H2,1-3H3,(H,21,26)/t18-/m0/s1. The molecule has 2 heterocycles. The van der Waals surface area contributed by atoms with Crippen molar-refractivity contribution >= 4 is 17.5 Å². The molecule has 2 fully saturated rings. The first-order valence-corrected chi connectivity index (χ1v) is 9.61. The molecule has 0 spiro atoms. The number of likely N-dealkylation sites (N-methyl/N-ethyl adjacent to an activating group) is 1. The molecule has 0 radical (unpaired) electrons. The van der Waals surface area contributed by atoms with E-state index < -0.39 is 0 Å². The molecule has 0 unspecified atom stereocenters. The summed E-state index contributed by atoms with van der Waals surface area (Å²) < 4.78 is 0. The summed E-state index contributed by atoms with van der Waals surface area (Å²) in [6.07, 6.45) is 0.281. The van der Waals surface area contributed by atoms with Crippen molar-refractivity contribution in [3.8, 4) is 0 Å². The molecule has 142 valence electrons. The third kappa shape index (κ3) is 4.01. The summed E-state index contributed by atoms with van der Waals surface area (Å²) in [5.41, 5.74) is 3.79. The van der Waals surface area contributed by atoms with Gasteiger partial charge in [-0.3, -0.25) is 14.5 Å². The van der Waals surface area contributed by atoms with Crippen molar-refractivity contribution in [3.63, 3.8) is 0 Å². The molecule has 1 aromatic carbocycles. The lowest BCUT2D eigenvalue weighted by atomic mass is 10.1. The minimum atomic E-state index is -0.321. The normalized spacial score (nSPS) is 21.7. The Morgan fingerprint density at radius 1 is 1.15 bits per heavy atom. The van der Waals surface area contributed by atoms with Crippen molar-refractivity contribution in [1.82, 2.24) is 15.1 Å². The molecule has 2 amide bonds. The second kappa shape index (κ2) is 8.08. The van der Waals surface area contributed by atoms with Gasteiger partial charge < -0.3 is 15.1 Å². The van der Waals surface area contributed by atoms with E-state index in [1.807, 2.05) is 11.8 Å². The van der Waals surface area contributed by atoms with Gasteiger partial charge in [0.2, 0.25) is 11.8 Å². The summed E-state index contributed by atoms with van der Waals surface area (Å²) in [6, 6.07) is 6.19. The van der Waals surface area contributed by atoms with Crippen LogP contribution in [0.5, 0.6) is 0 Å². The fourth-order valence-corrected chi connectivity index (χ4v) is 3.91. The van der Waals surface area contributed by atoms with Crippen molar-refractivity contribution in [3.05, 3.63) is 29.3 Å². The van der Waals surface area contributed by atoms with Gasteiger partial charge in [-0.05, 0) is 37.6 Å². The maximum Gasteiger partial charge on any atom is 0.237 e. The molecule has 2 saturated heterocycles. The lowest BCUT2D eigenvalue weighted by molar-refractivity contribution is -0.139. The first kappa shape index (κ1) is 18.7. The molecular weight excluding hydrogens is 328 g/mol. The summed E-state index contributed by atoms with van der Waals surface area (Å²) in [7, 11) is 0. The fourth-order valence-electron chi connectivity index (χ4n) is 3.91. The molecule has 0 aliphatic carbocycles. The average molecular weight is 358 g/mol. The predicted molar refractivity (Wildman–Crippen MR) is 103 cm³/mol. The van der Waals surface area contributed by atoms with Gasteiger partial charge in [-0.2, -0.15) is 0 Å². The second-order valence-corrected chi connectivity index (χ2v) is 7.30. The minimum Gasteiger partial charge on any atom is -0.368 e.